The largest absolute Gasteiger partial charge is 0.459 e. The molecule has 156 valence electrons. The minimum absolute atomic E-state index is 0.0454. The quantitative estimate of drug-likeness (QED) is 0.653. The van der Waals surface area contributed by atoms with Crippen molar-refractivity contribution in [3.63, 3.8) is 0 Å². The summed E-state index contributed by atoms with van der Waals surface area (Å²) in [5, 5.41) is 4.10. The molecule has 3 aromatic rings. The van der Waals surface area contributed by atoms with Crippen molar-refractivity contribution in [2.45, 2.75) is 37.7 Å². The Bertz CT molecular complexity index is 978. The molecule has 0 bridgehead atoms. The van der Waals surface area contributed by atoms with E-state index in [1.165, 1.54) is 6.26 Å². The van der Waals surface area contributed by atoms with Gasteiger partial charge < -0.3 is 18.6 Å². The van der Waals surface area contributed by atoms with Crippen molar-refractivity contribution in [3.8, 4) is 11.4 Å². The van der Waals surface area contributed by atoms with Crippen molar-refractivity contribution >= 4 is 5.91 Å². The van der Waals surface area contributed by atoms with Crippen LogP contribution in [0.15, 0.2) is 51.9 Å². The molecule has 2 saturated heterocycles. The molecule has 0 radical (unpaired) electrons. The molecule has 0 saturated carbocycles. The number of rotatable bonds is 4. The van der Waals surface area contributed by atoms with Crippen molar-refractivity contribution in [2.24, 2.45) is 5.92 Å². The van der Waals surface area contributed by atoms with Gasteiger partial charge in [-0.2, -0.15) is 4.98 Å². The van der Waals surface area contributed by atoms with E-state index in [1.807, 2.05) is 17.0 Å². The van der Waals surface area contributed by atoms with E-state index in [2.05, 4.69) is 15.1 Å². The van der Waals surface area contributed by atoms with E-state index in [0.717, 1.165) is 44.3 Å². The number of nitrogens with zero attached hydrogens (tertiary/aromatic N) is 4. The number of piperidine rings is 1. The van der Waals surface area contributed by atoms with Gasteiger partial charge in [0.15, 0.2) is 5.76 Å². The molecule has 3 aromatic heterocycles. The van der Waals surface area contributed by atoms with Gasteiger partial charge in [0.1, 0.15) is 0 Å². The molecule has 0 aromatic carbocycles. The lowest BCUT2D eigenvalue weighted by atomic mass is 9.78. The Hall–Kier alpha value is -3.00. The lowest BCUT2D eigenvalue weighted by Crippen LogP contribution is -2.51. The van der Waals surface area contributed by atoms with Crippen LogP contribution in [0.5, 0.6) is 0 Å². The summed E-state index contributed by atoms with van der Waals surface area (Å²) >= 11 is 0. The van der Waals surface area contributed by atoms with Crippen molar-refractivity contribution in [2.75, 3.05) is 19.7 Å². The van der Waals surface area contributed by atoms with Crippen LogP contribution in [0.2, 0.25) is 0 Å². The molecule has 8 heteroatoms. The van der Waals surface area contributed by atoms with Gasteiger partial charge in [-0.1, -0.05) is 5.16 Å². The van der Waals surface area contributed by atoms with Crippen LogP contribution >= 0.6 is 0 Å². The van der Waals surface area contributed by atoms with Gasteiger partial charge in [-0.3, -0.25) is 9.78 Å². The third-order valence-electron chi connectivity index (χ3n) is 6.14. The Labute approximate surface area is 174 Å². The number of carbonyl (C=O) groups excluding carboxylic acids is 1. The van der Waals surface area contributed by atoms with Crippen molar-refractivity contribution in [1.29, 1.82) is 0 Å². The topological polar surface area (TPSA) is 94.5 Å². The number of ether oxygens (including phenoxy) is 1. The predicted molar refractivity (Wildman–Crippen MR) is 106 cm³/mol. The molecule has 5 rings (SSSR count). The highest BCUT2D eigenvalue weighted by atomic mass is 16.5. The Kier molecular flexibility index (Phi) is 5.08. The van der Waals surface area contributed by atoms with Gasteiger partial charge in [0.2, 0.25) is 11.7 Å². The van der Waals surface area contributed by atoms with Crippen LogP contribution in [0.4, 0.5) is 0 Å². The highest BCUT2D eigenvalue weighted by molar-refractivity contribution is 5.91. The number of carbonyl (C=O) groups is 1. The Morgan fingerprint density at radius 1 is 1.23 bits per heavy atom. The van der Waals surface area contributed by atoms with Crippen LogP contribution in [0.3, 0.4) is 0 Å². The standard InChI is InChI=1S/C22H24N4O4/c27-21(18-4-2-11-28-18)26-9-6-22(7-10-26)14-16(5-12-29-22)13-19-24-20(25-30-19)17-3-1-8-23-15-17/h1-4,8,11,15-16H,5-7,9-10,12-14H2. The molecule has 1 amide bonds. The monoisotopic (exact) mass is 408 g/mol. The smallest absolute Gasteiger partial charge is 0.289 e. The fourth-order valence-electron chi connectivity index (χ4n) is 4.52. The average molecular weight is 408 g/mol. The van der Waals surface area contributed by atoms with E-state index in [1.54, 1.807) is 24.5 Å². The fourth-order valence-corrected chi connectivity index (χ4v) is 4.52. The molecular formula is C22H24N4O4. The van der Waals surface area contributed by atoms with E-state index < -0.39 is 0 Å². The average Bonchev–Trinajstić information content (AvgIpc) is 3.47. The number of hydrogen-bond donors (Lipinski definition) is 0. The van der Waals surface area contributed by atoms with E-state index >= 15 is 0 Å². The number of aromatic nitrogens is 3. The molecule has 2 aliphatic heterocycles. The molecule has 2 fully saturated rings. The maximum Gasteiger partial charge on any atom is 0.289 e. The normalized spacial score (nSPS) is 21.1. The van der Waals surface area contributed by atoms with Crippen LogP contribution in [-0.4, -0.2) is 51.2 Å². The van der Waals surface area contributed by atoms with Gasteiger partial charge in [0, 0.05) is 44.1 Å². The molecule has 1 unspecified atom stereocenters. The Balaban J connectivity index is 1.20. The Morgan fingerprint density at radius 2 is 2.13 bits per heavy atom. The first-order chi connectivity index (χ1) is 14.7. The van der Waals surface area contributed by atoms with E-state index in [-0.39, 0.29) is 11.5 Å². The van der Waals surface area contributed by atoms with E-state index in [0.29, 0.717) is 36.5 Å². The molecule has 5 heterocycles. The summed E-state index contributed by atoms with van der Waals surface area (Å²) in [4.78, 5) is 23.0. The molecule has 1 spiro atoms. The maximum atomic E-state index is 12.5. The third-order valence-corrected chi connectivity index (χ3v) is 6.14. The minimum atomic E-state index is -0.172. The lowest BCUT2D eigenvalue weighted by molar-refractivity contribution is -0.124. The fraction of sp³-hybridized carbons (Fsp3) is 0.455. The summed E-state index contributed by atoms with van der Waals surface area (Å²) in [5.74, 6) is 2.00. The molecule has 2 aliphatic rings. The summed E-state index contributed by atoms with van der Waals surface area (Å²) in [6, 6.07) is 7.23. The SMILES string of the molecule is O=C(c1ccco1)N1CCC2(CC1)CC(Cc1nc(-c3cccnc3)no1)CCO2. The van der Waals surface area contributed by atoms with Gasteiger partial charge in [-0.05, 0) is 55.9 Å². The predicted octanol–water partition coefficient (Wildman–Crippen LogP) is 3.37. The van der Waals surface area contributed by atoms with Crippen molar-refractivity contribution in [1.82, 2.24) is 20.0 Å². The van der Waals surface area contributed by atoms with Gasteiger partial charge in [-0.25, -0.2) is 0 Å². The molecule has 0 aliphatic carbocycles. The zero-order chi connectivity index (χ0) is 20.4. The molecule has 8 nitrogen and oxygen atoms in total. The van der Waals surface area contributed by atoms with Gasteiger partial charge in [-0.15, -0.1) is 0 Å². The number of pyridine rings is 1. The van der Waals surface area contributed by atoms with Gasteiger partial charge in [0.25, 0.3) is 5.91 Å². The molecule has 30 heavy (non-hydrogen) atoms. The van der Waals surface area contributed by atoms with Crippen LogP contribution in [-0.2, 0) is 11.2 Å². The zero-order valence-electron chi connectivity index (χ0n) is 16.7. The van der Waals surface area contributed by atoms with Crippen LogP contribution in [0.1, 0.15) is 42.1 Å². The second kappa shape index (κ2) is 8.02. The van der Waals surface area contributed by atoms with Crippen LogP contribution < -0.4 is 0 Å². The second-order valence-corrected chi connectivity index (χ2v) is 8.12. The van der Waals surface area contributed by atoms with Crippen LogP contribution in [0.25, 0.3) is 11.4 Å². The first kappa shape index (κ1) is 19.0. The summed E-state index contributed by atoms with van der Waals surface area (Å²) in [6.07, 6.45) is 9.32. The number of furan rings is 1. The molecule has 0 N–H and O–H groups in total. The zero-order valence-corrected chi connectivity index (χ0v) is 16.7. The molecular weight excluding hydrogens is 384 g/mol. The summed E-state index contributed by atoms with van der Waals surface area (Å²) < 4.78 is 17.0. The second-order valence-electron chi connectivity index (χ2n) is 8.12. The van der Waals surface area contributed by atoms with E-state index in [4.69, 9.17) is 13.7 Å². The van der Waals surface area contributed by atoms with Crippen LogP contribution in [0, 0.1) is 5.92 Å². The summed E-state index contributed by atoms with van der Waals surface area (Å²) in [5.41, 5.74) is 0.680. The van der Waals surface area contributed by atoms with Crippen molar-refractivity contribution < 1.29 is 18.5 Å². The first-order valence-corrected chi connectivity index (χ1v) is 10.4. The highest BCUT2D eigenvalue weighted by Gasteiger charge is 2.41. The van der Waals surface area contributed by atoms with Gasteiger partial charge >= 0.3 is 0 Å². The van der Waals surface area contributed by atoms with Crippen molar-refractivity contribution in [3.05, 3.63) is 54.6 Å². The van der Waals surface area contributed by atoms with Gasteiger partial charge in [0.05, 0.1) is 11.9 Å². The summed E-state index contributed by atoms with van der Waals surface area (Å²) in [7, 11) is 0. The molecule has 1 atom stereocenters. The number of likely N-dealkylation sites (tertiary alicyclic amines) is 1. The Morgan fingerprint density at radius 3 is 2.90 bits per heavy atom. The lowest BCUT2D eigenvalue weighted by Gasteiger charge is -2.46. The third kappa shape index (κ3) is 3.87. The number of hydrogen-bond acceptors (Lipinski definition) is 7. The summed E-state index contributed by atoms with van der Waals surface area (Å²) in [6.45, 7) is 2.08. The minimum Gasteiger partial charge on any atom is -0.459 e. The maximum absolute atomic E-state index is 12.5. The van der Waals surface area contributed by atoms with E-state index in [9.17, 15) is 4.79 Å². The first-order valence-electron chi connectivity index (χ1n) is 10.4. The number of amides is 1. The highest BCUT2D eigenvalue weighted by Crippen LogP contribution is 2.39.